The van der Waals surface area contributed by atoms with E-state index in [0.717, 1.165) is 6.07 Å². The minimum atomic E-state index is -4.20. The van der Waals surface area contributed by atoms with E-state index in [4.69, 9.17) is 11.8 Å². The van der Waals surface area contributed by atoms with Crippen molar-refractivity contribution < 1.29 is 22.7 Å². The molecule has 10 heteroatoms. The van der Waals surface area contributed by atoms with Crippen LogP contribution in [0.25, 0.3) is 4.25 Å². The zero-order valence-corrected chi connectivity index (χ0v) is 17.9. The molecule has 162 valence electrons. The number of hydrogen-bond acceptors (Lipinski definition) is 5. The van der Waals surface area contributed by atoms with E-state index >= 15 is 0 Å². The Bertz CT molecular complexity index is 1220. The van der Waals surface area contributed by atoms with Crippen LogP contribution < -0.4 is 5.32 Å². The number of amides is 1. The molecule has 0 aliphatic carbocycles. The normalized spacial score (nSPS) is 13.0. The molecule has 0 bridgehead atoms. The maximum absolute atomic E-state index is 13.5. The topological polar surface area (TPSA) is 117 Å². The average Bonchev–Trinajstić information content (AvgIpc) is 3.06. The van der Waals surface area contributed by atoms with Crippen molar-refractivity contribution in [2.75, 3.05) is 5.32 Å². The van der Waals surface area contributed by atoms with Crippen LogP contribution in [-0.2, 0) is 23.5 Å². The van der Waals surface area contributed by atoms with Crippen LogP contribution in [0.3, 0.4) is 0 Å². The first-order valence-corrected chi connectivity index (χ1v) is 10.6. The predicted molar refractivity (Wildman–Crippen MR) is 114 cm³/mol. The smallest absolute Gasteiger partial charge is 0.386 e. The van der Waals surface area contributed by atoms with Gasteiger partial charge in [0.1, 0.15) is 17.6 Å². The maximum Gasteiger partial charge on any atom is 0.511 e. The van der Waals surface area contributed by atoms with Gasteiger partial charge in [0.25, 0.3) is 12.5 Å². The molecule has 0 radical (unpaired) electrons. The fraction of sp³-hybridized carbons (Fsp3) is 0.286. The van der Waals surface area contributed by atoms with Crippen molar-refractivity contribution in [1.82, 2.24) is 4.57 Å². The van der Waals surface area contributed by atoms with Gasteiger partial charge in [0.2, 0.25) is 0 Å². The second-order valence-corrected chi connectivity index (χ2v) is 8.79. The summed E-state index contributed by atoms with van der Waals surface area (Å²) < 4.78 is 42.5. The van der Waals surface area contributed by atoms with E-state index in [2.05, 4.69) is 16.1 Å². The van der Waals surface area contributed by atoms with E-state index in [9.17, 15) is 22.7 Å². The maximum atomic E-state index is 13.5. The van der Waals surface area contributed by atoms with E-state index in [0.29, 0.717) is 6.42 Å². The van der Waals surface area contributed by atoms with Crippen LogP contribution in [0.5, 0.6) is 0 Å². The second kappa shape index (κ2) is 9.13. The zero-order valence-electron chi connectivity index (χ0n) is 17.1. The molecule has 0 spiro atoms. The van der Waals surface area contributed by atoms with Gasteiger partial charge in [-0.1, -0.05) is 6.08 Å². The number of carbonyl (C=O) groups excluding carboxylic acids is 1. The molecule has 1 aromatic heterocycles. The monoisotopic (exact) mass is 445 g/mol. The minimum absolute atomic E-state index is 0.0308. The van der Waals surface area contributed by atoms with E-state index < -0.39 is 27.3 Å². The zero-order chi connectivity index (χ0) is 23.4. The molecule has 0 aliphatic heterocycles. The molecule has 0 aliphatic rings. The molecule has 2 N–H and O–H groups in total. The number of sulfonamides is 1. The molecule has 31 heavy (non-hydrogen) atoms. The number of aryl methyl sites for hydroxylation is 1. The summed E-state index contributed by atoms with van der Waals surface area (Å²) in [4.78, 5) is 12.7. The highest BCUT2D eigenvalue weighted by Crippen LogP contribution is 2.28. The summed E-state index contributed by atoms with van der Waals surface area (Å²) in [7, 11) is -2.71. The number of hydrogen-bond donors (Lipinski definition) is 2. The van der Waals surface area contributed by atoms with E-state index in [1.54, 1.807) is 13.0 Å². The third-order valence-electron chi connectivity index (χ3n) is 4.77. The Morgan fingerprint density at radius 1 is 1.52 bits per heavy atom. The van der Waals surface area contributed by atoms with Gasteiger partial charge in [-0.15, -0.1) is 15.0 Å². The van der Waals surface area contributed by atoms with Gasteiger partial charge in [-0.05, 0) is 44.4 Å². The van der Waals surface area contributed by atoms with Gasteiger partial charge in [-0.25, -0.2) is 4.39 Å². The van der Waals surface area contributed by atoms with Crippen LogP contribution >= 0.6 is 0 Å². The number of rotatable bonds is 8. The Morgan fingerprint density at radius 3 is 2.77 bits per heavy atom. The number of nitrogens with one attached hydrogen (secondary N) is 1. The van der Waals surface area contributed by atoms with Crippen molar-refractivity contribution in [2.45, 2.75) is 36.7 Å². The molecule has 0 fully saturated rings. The molecule has 0 saturated carbocycles. The molecule has 0 unspecified atom stereocenters. The third kappa shape index (κ3) is 5.37. The number of halogens is 1. The van der Waals surface area contributed by atoms with Crippen molar-refractivity contribution >= 4 is 21.6 Å². The molecule has 1 heterocycles. The average molecular weight is 445 g/mol. The highest BCUT2D eigenvalue weighted by atomic mass is 32.2. The molecule has 8 nitrogen and oxygen atoms in total. The Hall–Kier alpha value is -3.47. The molecule has 2 rings (SSSR count). The fourth-order valence-corrected chi connectivity index (χ4v) is 3.98. The fourth-order valence-electron chi connectivity index (χ4n) is 3.07. The quantitative estimate of drug-likeness (QED) is 0.605. The summed E-state index contributed by atoms with van der Waals surface area (Å²) >= 11 is 0. The van der Waals surface area contributed by atoms with Crippen molar-refractivity contribution in [2.24, 2.45) is 7.05 Å². The SMILES string of the molecule is C#[N+]S(=O)(=O)c1cn(C)c(C(=O)Nc2ccc(F)c(C#N)c2)c1CCC[C@](C)(O)C=C. The van der Waals surface area contributed by atoms with Crippen molar-refractivity contribution in [3.63, 3.8) is 0 Å². The Kier molecular flexibility index (Phi) is 7.01. The second-order valence-electron chi connectivity index (χ2n) is 7.19. The Morgan fingerprint density at radius 2 is 2.19 bits per heavy atom. The molecule has 1 amide bonds. The van der Waals surface area contributed by atoms with Gasteiger partial charge in [0, 0.05) is 24.5 Å². The lowest BCUT2D eigenvalue weighted by atomic mass is 9.97. The molecule has 0 saturated heterocycles. The third-order valence-corrected chi connectivity index (χ3v) is 5.96. The number of nitriles is 1. The minimum Gasteiger partial charge on any atom is -0.386 e. The van der Waals surface area contributed by atoms with Crippen molar-refractivity contribution in [3.05, 3.63) is 63.9 Å². The van der Waals surface area contributed by atoms with E-state index in [-0.39, 0.29) is 40.2 Å². The molecule has 2 aromatic rings. The van der Waals surface area contributed by atoms with Gasteiger partial charge in [-0.3, -0.25) is 4.79 Å². The summed E-state index contributed by atoms with van der Waals surface area (Å²) in [5.41, 5.74) is -1.03. The van der Waals surface area contributed by atoms with Crippen molar-refractivity contribution in [3.8, 4) is 12.6 Å². The van der Waals surface area contributed by atoms with E-state index in [1.807, 2.05) is 0 Å². The first-order valence-electron chi connectivity index (χ1n) is 9.18. The summed E-state index contributed by atoms with van der Waals surface area (Å²) in [6.45, 7) is 10.2. The lowest BCUT2D eigenvalue weighted by Crippen LogP contribution is -2.21. The van der Waals surface area contributed by atoms with Crippen LogP contribution in [0.4, 0.5) is 10.1 Å². The van der Waals surface area contributed by atoms with Crippen LogP contribution in [0, 0.1) is 23.7 Å². The first-order chi connectivity index (χ1) is 14.5. The number of carbonyl (C=O) groups is 1. The number of aliphatic hydroxyl groups is 1. The molecular weight excluding hydrogens is 423 g/mol. The van der Waals surface area contributed by atoms with Crippen LogP contribution in [0.2, 0.25) is 0 Å². The van der Waals surface area contributed by atoms with Gasteiger partial charge >= 0.3 is 10.0 Å². The Labute approximate surface area is 180 Å². The molecule has 1 atom stereocenters. The highest BCUT2D eigenvalue weighted by molar-refractivity contribution is 7.93. The van der Waals surface area contributed by atoms with Gasteiger partial charge in [-0.2, -0.15) is 5.26 Å². The number of anilines is 1. The summed E-state index contributed by atoms with van der Waals surface area (Å²) in [5, 5.41) is 21.6. The summed E-state index contributed by atoms with van der Waals surface area (Å²) in [6.07, 6.45) is 3.35. The van der Waals surface area contributed by atoms with Gasteiger partial charge in [0.15, 0.2) is 4.90 Å². The van der Waals surface area contributed by atoms with Gasteiger partial charge < -0.3 is 15.0 Å². The van der Waals surface area contributed by atoms with Crippen LogP contribution in [0.1, 0.15) is 41.4 Å². The lowest BCUT2D eigenvalue weighted by Gasteiger charge is -2.18. The van der Waals surface area contributed by atoms with Gasteiger partial charge in [0.05, 0.1) is 15.4 Å². The largest absolute Gasteiger partial charge is 0.511 e. The van der Waals surface area contributed by atoms with Crippen LogP contribution in [-0.4, -0.2) is 29.6 Å². The highest BCUT2D eigenvalue weighted by Gasteiger charge is 2.33. The lowest BCUT2D eigenvalue weighted by molar-refractivity contribution is 0.0997. The number of benzene rings is 1. The molecule has 1 aromatic carbocycles. The van der Waals surface area contributed by atoms with E-state index in [1.165, 1.54) is 36.0 Å². The summed E-state index contributed by atoms with van der Waals surface area (Å²) in [5.74, 6) is -1.39. The van der Waals surface area contributed by atoms with Crippen LogP contribution in [0.15, 0.2) is 41.9 Å². The number of aromatic nitrogens is 1. The molecular formula is C21H22FN4O4S+. The summed E-state index contributed by atoms with van der Waals surface area (Å²) in [6, 6.07) is 5.18. The standard InChI is InChI=1S/C21H21FN4O4S/c1-5-21(2,28)10-6-7-16-18(31(29,30)24-3)13-26(4)19(16)20(27)25-15-8-9-17(22)14(11-15)12-23/h3,5,8-9,11,13,28H,1,6-7,10H2,2,4H3/p+1/t21-/m1/s1. The van der Waals surface area contributed by atoms with Crippen molar-refractivity contribution in [1.29, 1.82) is 5.26 Å². The predicted octanol–water partition coefficient (Wildman–Crippen LogP) is 3.20. The first kappa shape index (κ1) is 23.8. The number of nitrogens with zero attached hydrogens (tertiary/aromatic N) is 3. The Balaban J connectivity index is 2.46.